The van der Waals surface area contributed by atoms with Crippen molar-refractivity contribution in [1.82, 2.24) is 5.32 Å². The molecule has 0 aromatic carbocycles. The summed E-state index contributed by atoms with van der Waals surface area (Å²) in [6, 6.07) is 0. The van der Waals surface area contributed by atoms with E-state index in [1.54, 1.807) is 0 Å². The first-order chi connectivity index (χ1) is 8.56. The van der Waals surface area contributed by atoms with Crippen molar-refractivity contribution in [3.8, 4) is 0 Å². The van der Waals surface area contributed by atoms with Crippen LogP contribution in [0.15, 0.2) is 0 Å². The number of rotatable bonds is 13. The lowest BCUT2D eigenvalue weighted by atomic mass is 10.6. The normalized spacial score (nSPS) is 12.0. The van der Waals surface area contributed by atoms with E-state index in [-0.39, 0.29) is 0 Å². The van der Waals surface area contributed by atoms with Crippen LogP contribution in [-0.4, -0.2) is 68.2 Å². The van der Waals surface area contributed by atoms with E-state index in [0.717, 1.165) is 13.2 Å². The Balaban J connectivity index is 2.99. The third-order valence-corrected chi connectivity index (χ3v) is 3.07. The van der Waals surface area contributed by atoms with E-state index in [4.69, 9.17) is 18.6 Å². The zero-order valence-corrected chi connectivity index (χ0v) is 13.3. The van der Waals surface area contributed by atoms with Gasteiger partial charge in [0.15, 0.2) is 8.32 Å². The molecule has 0 amide bonds. The van der Waals surface area contributed by atoms with Crippen molar-refractivity contribution < 1.29 is 18.6 Å². The molecule has 0 rings (SSSR count). The number of likely N-dealkylation sites (N-methyl/N-ethyl adjacent to an activating group) is 1. The number of hydrogen-bond donors (Lipinski definition) is 1. The van der Waals surface area contributed by atoms with Gasteiger partial charge in [-0.3, -0.25) is 0 Å². The molecule has 18 heavy (non-hydrogen) atoms. The summed E-state index contributed by atoms with van der Waals surface area (Å²) in [5, 5.41) is 3.01. The van der Waals surface area contributed by atoms with Crippen molar-refractivity contribution in [3.63, 3.8) is 0 Å². The molecule has 0 spiro atoms. The fourth-order valence-electron chi connectivity index (χ4n) is 1.12. The Hall–Kier alpha value is 0.0169. The molecule has 0 bridgehead atoms. The molecule has 0 aromatic rings. The van der Waals surface area contributed by atoms with Crippen molar-refractivity contribution >= 4 is 8.32 Å². The van der Waals surface area contributed by atoms with E-state index in [2.05, 4.69) is 25.0 Å². The maximum atomic E-state index is 5.66. The standard InChI is InChI=1S/C12H29NO4Si/c1-13-5-6-14-7-8-15-9-10-16-11-12-17-18(2,3)4/h13H,5-12H2,1-4H3. The van der Waals surface area contributed by atoms with Crippen molar-refractivity contribution in [3.05, 3.63) is 0 Å². The predicted octanol–water partition coefficient (Wildman–Crippen LogP) is 1.11. The minimum atomic E-state index is -1.39. The minimum Gasteiger partial charge on any atom is -0.415 e. The summed E-state index contributed by atoms with van der Waals surface area (Å²) in [7, 11) is 0.518. The predicted molar refractivity (Wildman–Crippen MR) is 75.7 cm³/mol. The second kappa shape index (κ2) is 12.1. The van der Waals surface area contributed by atoms with Gasteiger partial charge in [-0.05, 0) is 26.7 Å². The van der Waals surface area contributed by atoms with Gasteiger partial charge >= 0.3 is 0 Å². The van der Waals surface area contributed by atoms with Gasteiger partial charge in [-0.1, -0.05) is 0 Å². The molecule has 0 aliphatic carbocycles. The fourth-order valence-corrected chi connectivity index (χ4v) is 1.82. The topological polar surface area (TPSA) is 49.0 Å². The molecular formula is C12H29NO4Si. The van der Waals surface area contributed by atoms with E-state index in [1.807, 2.05) is 7.05 Å². The Morgan fingerprint density at radius 3 is 1.61 bits per heavy atom. The zero-order chi connectivity index (χ0) is 13.7. The summed E-state index contributed by atoms with van der Waals surface area (Å²) in [5.41, 5.74) is 0. The van der Waals surface area contributed by atoms with Crippen molar-refractivity contribution in [2.75, 3.05) is 59.8 Å². The second-order valence-corrected chi connectivity index (χ2v) is 9.41. The molecule has 0 aliphatic heterocycles. The molecule has 6 heteroatoms. The lowest BCUT2D eigenvalue weighted by Gasteiger charge is -2.16. The van der Waals surface area contributed by atoms with Gasteiger partial charge in [-0.25, -0.2) is 0 Å². The van der Waals surface area contributed by atoms with Gasteiger partial charge in [-0.15, -0.1) is 0 Å². The first kappa shape index (κ1) is 18.0. The molecular weight excluding hydrogens is 250 g/mol. The highest BCUT2D eigenvalue weighted by Crippen LogP contribution is 2.01. The molecule has 0 fully saturated rings. The van der Waals surface area contributed by atoms with Crippen LogP contribution in [0.1, 0.15) is 0 Å². The highest BCUT2D eigenvalue weighted by atomic mass is 28.4. The summed E-state index contributed by atoms with van der Waals surface area (Å²) >= 11 is 0. The largest absolute Gasteiger partial charge is 0.415 e. The smallest absolute Gasteiger partial charge is 0.183 e. The average Bonchev–Trinajstić information content (AvgIpc) is 2.29. The van der Waals surface area contributed by atoms with Crippen LogP contribution in [-0.2, 0) is 18.6 Å². The molecule has 0 aliphatic rings. The van der Waals surface area contributed by atoms with Gasteiger partial charge in [-0.2, -0.15) is 0 Å². The first-order valence-electron chi connectivity index (χ1n) is 6.58. The quantitative estimate of drug-likeness (QED) is 0.404. The molecule has 0 radical (unpaired) electrons. The van der Waals surface area contributed by atoms with E-state index in [1.165, 1.54) is 0 Å². The van der Waals surface area contributed by atoms with Crippen LogP contribution in [0.25, 0.3) is 0 Å². The molecule has 0 atom stereocenters. The lowest BCUT2D eigenvalue weighted by molar-refractivity contribution is 0.00955. The van der Waals surface area contributed by atoms with Gasteiger partial charge in [0.25, 0.3) is 0 Å². The second-order valence-electron chi connectivity index (χ2n) is 4.90. The summed E-state index contributed by atoms with van der Waals surface area (Å²) in [6.07, 6.45) is 0. The Labute approximate surface area is 112 Å². The molecule has 0 heterocycles. The number of nitrogens with one attached hydrogen (secondary N) is 1. The third-order valence-electron chi connectivity index (χ3n) is 2.00. The molecule has 5 nitrogen and oxygen atoms in total. The summed E-state index contributed by atoms with van der Waals surface area (Å²) in [6.45, 7) is 11.9. The summed E-state index contributed by atoms with van der Waals surface area (Å²) in [4.78, 5) is 0. The molecule has 0 saturated heterocycles. The van der Waals surface area contributed by atoms with Crippen molar-refractivity contribution in [1.29, 1.82) is 0 Å². The van der Waals surface area contributed by atoms with Crippen LogP contribution in [0.3, 0.4) is 0 Å². The van der Waals surface area contributed by atoms with Gasteiger partial charge in [0.1, 0.15) is 0 Å². The van der Waals surface area contributed by atoms with Crippen LogP contribution in [0.5, 0.6) is 0 Å². The maximum absolute atomic E-state index is 5.66. The summed E-state index contributed by atoms with van der Waals surface area (Å²) in [5.74, 6) is 0. The van der Waals surface area contributed by atoms with Crippen LogP contribution in [0, 0.1) is 0 Å². The monoisotopic (exact) mass is 279 g/mol. The van der Waals surface area contributed by atoms with E-state index in [9.17, 15) is 0 Å². The minimum absolute atomic E-state index is 0.613. The van der Waals surface area contributed by atoms with Gasteiger partial charge in [0.05, 0.1) is 46.2 Å². The Morgan fingerprint density at radius 2 is 1.17 bits per heavy atom. The maximum Gasteiger partial charge on any atom is 0.183 e. The highest BCUT2D eigenvalue weighted by molar-refractivity contribution is 6.69. The fraction of sp³-hybridized carbons (Fsp3) is 1.00. The lowest BCUT2D eigenvalue weighted by Crippen LogP contribution is -2.27. The zero-order valence-electron chi connectivity index (χ0n) is 12.3. The molecule has 0 saturated carbocycles. The highest BCUT2D eigenvalue weighted by Gasteiger charge is 2.12. The van der Waals surface area contributed by atoms with Crippen molar-refractivity contribution in [2.24, 2.45) is 0 Å². The van der Waals surface area contributed by atoms with Gasteiger partial charge in [0.2, 0.25) is 0 Å². The third kappa shape index (κ3) is 16.0. The Bertz CT molecular complexity index is 176. The molecule has 0 aromatic heterocycles. The average molecular weight is 279 g/mol. The molecule has 1 N–H and O–H groups in total. The van der Waals surface area contributed by atoms with Gasteiger partial charge < -0.3 is 24.0 Å². The number of ether oxygens (including phenoxy) is 3. The Morgan fingerprint density at radius 1 is 0.722 bits per heavy atom. The number of hydrogen-bond acceptors (Lipinski definition) is 5. The molecule has 110 valence electrons. The van der Waals surface area contributed by atoms with Crippen LogP contribution >= 0.6 is 0 Å². The van der Waals surface area contributed by atoms with Crippen LogP contribution < -0.4 is 5.32 Å². The van der Waals surface area contributed by atoms with Crippen LogP contribution in [0.2, 0.25) is 19.6 Å². The van der Waals surface area contributed by atoms with Gasteiger partial charge in [0, 0.05) is 6.54 Å². The van der Waals surface area contributed by atoms with E-state index >= 15 is 0 Å². The van der Waals surface area contributed by atoms with E-state index in [0.29, 0.717) is 39.6 Å². The summed E-state index contributed by atoms with van der Waals surface area (Å²) < 4.78 is 21.7. The van der Waals surface area contributed by atoms with Crippen LogP contribution in [0.4, 0.5) is 0 Å². The molecule has 0 unspecified atom stereocenters. The Kier molecular flexibility index (Phi) is 12.1. The van der Waals surface area contributed by atoms with Crippen molar-refractivity contribution in [2.45, 2.75) is 19.6 Å². The van der Waals surface area contributed by atoms with E-state index < -0.39 is 8.32 Å². The first-order valence-corrected chi connectivity index (χ1v) is 9.99. The SMILES string of the molecule is CNCCOCCOCCOCCO[Si](C)(C)C.